The Kier molecular flexibility index (Phi) is 1.67. The van der Waals surface area contributed by atoms with Crippen LogP contribution in [0.1, 0.15) is 17.4 Å². The minimum absolute atomic E-state index is 0.183. The quantitative estimate of drug-likeness (QED) is 0.322. The molecule has 0 amide bonds. The largest absolute Gasteiger partial charge is 0.618 e. The molecule has 1 aromatic rings. The molecule has 0 aliphatic heterocycles. The minimum atomic E-state index is -0.212. The van der Waals surface area contributed by atoms with E-state index in [-0.39, 0.29) is 11.5 Å². The first-order chi connectivity index (χ1) is 4.72. The third-order valence-electron chi connectivity index (χ3n) is 1.18. The SMILES string of the molecule is CC(=O)c1cccc[n+]1[O-]. The fourth-order valence-corrected chi connectivity index (χ4v) is 0.701. The number of ketones is 1. The molecule has 0 aliphatic rings. The van der Waals surface area contributed by atoms with Gasteiger partial charge in [0.2, 0.25) is 5.78 Å². The number of nitrogens with zero attached hydrogens (tertiary/aromatic N) is 1. The normalized spacial score (nSPS) is 9.30. The van der Waals surface area contributed by atoms with E-state index in [0.29, 0.717) is 4.73 Å². The summed E-state index contributed by atoms with van der Waals surface area (Å²) >= 11 is 0. The van der Waals surface area contributed by atoms with Gasteiger partial charge in [0.15, 0.2) is 6.20 Å². The van der Waals surface area contributed by atoms with Gasteiger partial charge in [-0.2, -0.15) is 4.73 Å². The van der Waals surface area contributed by atoms with Crippen molar-refractivity contribution in [1.29, 1.82) is 0 Å². The van der Waals surface area contributed by atoms with Crippen LogP contribution in [0, 0.1) is 5.21 Å². The molecule has 0 aliphatic carbocycles. The molecular formula is C7H7NO2. The van der Waals surface area contributed by atoms with E-state index in [4.69, 9.17) is 0 Å². The Bertz CT molecular complexity index is 258. The highest BCUT2D eigenvalue weighted by Gasteiger charge is 2.07. The summed E-state index contributed by atoms with van der Waals surface area (Å²) in [6.07, 6.45) is 1.30. The van der Waals surface area contributed by atoms with E-state index in [1.165, 1.54) is 19.2 Å². The Balaban J connectivity index is 3.15. The second-order valence-corrected chi connectivity index (χ2v) is 1.97. The maximum Gasteiger partial charge on any atom is 0.259 e. The van der Waals surface area contributed by atoms with Crippen molar-refractivity contribution in [3.63, 3.8) is 0 Å². The molecule has 0 aromatic carbocycles. The lowest BCUT2D eigenvalue weighted by Crippen LogP contribution is -2.32. The number of aromatic nitrogens is 1. The van der Waals surface area contributed by atoms with E-state index in [1.54, 1.807) is 12.1 Å². The molecule has 0 unspecified atom stereocenters. The average molecular weight is 137 g/mol. The fourth-order valence-electron chi connectivity index (χ4n) is 0.701. The second-order valence-electron chi connectivity index (χ2n) is 1.97. The Labute approximate surface area is 58.5 Å². The number of Topliss-reactive ketones (excluding diaryl/α,β-unsaturated/α-hetero) is 1. The van der Waals surface area contributed by atoms with Crippen LogP contribution >= 0.6 is 0 Å². The van der Waals surface area contributed by atoms with Gasteiger partial charge in [0.05, 0.1) is 0 Å². The van der Waals surface area contributed by atoms with Crippen molar-refractivity contribution in [2.45, 2.75) is 6.92 Å². The van der Waals surface area contributed by atoms with E-state index in [9.17, 15) is 10.0 Å². The number of rotatable bonds is 1. The van der Waals surface area contributed by atoms with Gasteiger partial charge in [-0.25, -0.2) is 0 Å². The van der Waals surface area contributed by atoms with Gasteiger partial charge >= 0.3 is 0 Å². The molecule has 0 atom stereocenters. The lowest BCUT2D eigenvalue weighted by Gasteiger charge is -1.97. The van der Waals surface area contributed by atoms with Gasteiger partial charge in [0, 0.05) is 19.1 Å². The van der Waals surface area contributed by atoms with Crippen molar-refractivity contribution in [3.05, 3.63) is 35.3 Å². The molecule has 1 heterocycles. The average Bonchev–Trinajstić information content (AvgIpc) is 1.88. The summed E-state index contributed by atoms with van der Waals surface area (Å²) in [6.45, 7) is 1.36. The van der Waals surface area contributed by atoms with E-state index in [0.717, 1.165) is 0 Å². The van der Waals surface area contributed by atoms with Crippen LogP contribution in [0.3, 0.4) is 0 Å². The maximum atomic E-state index is 10.8. The molecule has 1 aromatic heterocycles. The molecule has 0 saturated heterocycles. The number of carbonyl (C=O) groups is 1. The number of pyridine rings is 1. The predicted molar refractivity (Wildman–Crippen MR) is 35.4 cm³/mol. The van der Waals surface area contributed by atoms with Gasteiger partial charge in [-0.3, -0.25) is 4.79 Å². The monoisotopic (exact) mass is 137 g/mol. The van der Waals surface area contributed by atoms with Crippen LogP contribution in [0.5, 0.6) is 0 Å². The molecule has 0 N–H and O–H groups in total. The van der Waals surface area contributed by atoms with E-state index in [2.05, 4.69) is 0 Å². The zero-order valence-electron chi connectivity index (χ0n) is 5.57. The molecular weight excluding hydrogens is 130 g/mol. The van der Waals surface area contributed by atoms with Crippen LogP contribution in [0.25, 0.3) is 0 Å². The predicted octanol–water partition coefficient (Wildman–Crippen LogP) is 0.523. The first-order valence-corrected chi connectivity index (χ1v) is 2.91. The maximum absolute atomic E-state index is 10.8. The molecule has 0 saturated carbocycles. The summed E-state index contributed by atoms with van der Waals surface area (Å²) in [5.74, 6) is -0.212. The molecule has 3 heteroatoms. The van der Waals surface area contributed by atoms with Crippen molar-refractivity contribution in [3.8, 4) is 0 Å². The number of carbonyl (C=O) groups excluding carboxylic acids is 1. The molecule has 0 radical (unpaired) electrons. The summed E-state index contributed by atoms with van der Waals surface area (Å²) < 4.78 is 0.558. The van der Waals surface area contributed by atoms with Gasteiger partial charge in [-0.05, 0) is 6.07 Å². The minimum Gasteiger partial charge on any atom is -0.618 e. The first kappa shape index (κ1) is 6.74. The van der Waals surface area contributed by atoms with Crippen LogP contribution in [0.2, 0.25) is 0 Å². The van der Waals surface area contributed by atoms with Crippen molar-refractivity contribution < 1.29 is 9.52 Å². The summed E-state index contributed by atoms with van der Waals surface area (Å²) in [5, 5.41) is 10.8. The second kappa shape index (κ2) is 2.47. The topological polar surface area (TPSA) is 44.0 Å². The molecule has 0 fully saturated rings. The van der Waals surface area contributed by atoms with Gasteiger partial charge in [0.25, 0.3) is 5.69 Å². The van der Waals surface area contributed by atoms with Crippen LogP contribution in [0.15, 0.2) is 24.4 Å². The Morgan fingerprint density at radius 3 is 2.70 bits per heavy atom. The summed E-state index contributed by atoms with van der Waals surface area (Å²) in [6, 6.07) is 4.74. The molecule has 1 rings (SSSR count). The highest BCUT2D eigenvalue weighted by Crippen LogP contribution is 1.90. The number of hydrogen-bond donors (Lipinski definition) is 0. The Hall–Kier alpha value is -1.38. The van der Waals surface area contributed by atoms with Crippen molar-refractivity contribution in [2.75, 3.05) is 0 Å². The van der Waals surface area contributed by atoms with Crippen LogP contribution in [-0.2, 0) is 0 Å². The first-order valence-electron chi connectivity index (χ1n) is 2.91. The van der Waals surface area contributed by atoms with E-state index in [1.807, 2.05) is 0 Å². The van der Waals surface area contributed by atoms with Crippen molar-refractivity contribution in [1.82, 2.24) is 0 Å². The van der Waals surface area contributed by atoms with E-state index < -0.39 is 0 Å². The van der Waals surface area contributed by atoms with Gasteiger partial charge in [-0.15, -0.1) is 0 Å². The number of hydrogen-bond acceptors (Lipinski definition) is 2. The van der Waals surface area contributed by atoms with Crippen LogP contribution < -0.4 is 4.73 Å². The van der Waals surface area contributed by atoms with Crippen LogP contribution in [0.4, 0.5) is 0 Å². The molecule has 0 bridgehead atoms. The summed E-state index contributed by atoms with van der Waals surface area (Å²) in [5.41, 5.74) is 0.183. The van der Waals surface area contributed by atoms with Crippen LogP contribution in [-0.4, -0.2) is 5.78 Å². The zero-order chi connectivity index (χ0) is 7.56. The van der Waals surface area contributed by atoms with Gasteiger partial charge < -0.3 is 5.21 Å². The summed E-state index contributed by atoms with van der Waals surface area (Å²) in [7, 11) is 0. The van der Waals surface area contributed by atoms with Crippen molar-refractivity contribution >= 4 is 5.78 Å². The molecule has 0 spiro atoms. The molecule has 52 valence electrons. The van der Waals surface area contributed by atoms with Crippen molar-refractivity contribution in [2.24, 2.45) is 0 Å². The third-order valence-corrected chi connectivity index (χ3v) is 1.18. The molecule has 10 heavy (non-hydrogen) atoms. The Morgan fingerprint density at radius 1 is 1.60 bits per heavy atom. The third kappa shape index (κ3) is 1.13. The standard InChI is InChI=1S/C7H7NO2/c1-6(9)7-4-2-3-5-8(7)10/h2-5H,1H3. The highest BCUT2D eigenvalue weighted by atomic mass is 16.5. The smallest absolute Gasteiger partial charge is 0.259 e. The lowest BCUT2D eigenvalue weighted by molar-refractivity contribution is -0.607. The Morgan fingerprint density at radius 2 is 2.30 bits per heavy atom. The fraction of sp³-hybridized carbons (Fsp3) is 0.143. The molecule has 3 nitrogen and oxygen atoms in total. The van der Waals surface area contributed by atoms with Gasteiger partial charge in [0.1, 0.15) is 0 Å². The van der Waals surface area contributed by atoms with Gasteiger partial charge in [-0.1, -0.05) is 0 Å². The highest BCUT2D eigenvalue weighted by molar-refractivity contribution is 5.90. The summed E-state index contributed by atoms with van der Waals surface area (Å²) in [4.78, 5) is 10.6. The lowest BCUT2D eigenvalue weighted by atomic mass is 10.3. The van der Waals surface area contributed by atoms with E-state index >= 15 is 0 Å². The zero-order valence-corrected chi connectivity index (χ0v) is 5.57.